The molecule has 3 nitrogen and oxygen atoms in total. The summed E-state index contributed by atoms with van der Waals surface area (Å²) < 4.78 is 12.4. The molecule has 0 saturated heterocycles. The highest BCUT2D eigenvalue weighted by atomic mass is 79.9. The molecule has 0 spiro atoms. The fourth-order valence-electron chi connectivity index (χ4n) is 1.78. The quantitative estimate of drug-likeness (QED) is 0.647. The highest BCUT2D eigenvalue weighted by Gasteiger charge is 2.04. The van der Waals surface area contributed by atoms with Crippen molar-refractivity contribution in [3.63, 3.8) is 0 Å². The van der Waals surface area contributed by atoms with E-state index in [9.17, 15) is 0 Å². The molecule has 0 amide bonds. The Morgan fingerprint density at radius 3 is 2.75 bits per heavy atom. The van der Waals surface area contributed by atoms with E-state index in [1.54, 1.807) is 0 Å². The zero-order chi connectivity index (χ0) is 14.8. The Hall–Kier alpha value is -0.580. The van der Waals surface area contributed by atoms with Crippen molar-refractivity contribution in [1.29, 1.82) is 0 Å². The summed E-state index contributed by atoms with van der Waals surface area (Å²) in [6, 6.07) is 6.16. The lowest BCUT2D eigenvalue weighted by Crippen LogP contribution is -2.18. The first-order valence-corrected chi connectivity index (χ1v) is 8.16. The van der Waals surface area contributed by atoms with Gasteiger partial charge in [-0.2, -0.15) is 0 Å². The van der Waals surface area contributed by atoms with E-state index < -0.39 is 0 Å². The normalized spacial score (nSPS) is 11.1. The van der Waals surface area contributed by atoms with Crippen molar-refractivity contribution in [1.82, 2.24) is 5.32 Å². The molecule has 0 saturated carbocycles. The Kier molecular flexibility index (Phi) is 8.90. The number of ether oxygens (including phenoxy) is 2. The van der Waals surface area contributed by atoms with Crippen molar-refractivity contribution in [2.75, 3.05) is 19.8 Å². The first-order valence-electron chi connectivity index (χ1n) is 7.37. The fourth-order valence-corrected chi connectivity index (χ4v) is 2.19. The van der Waals surface area contributed by atoms with Crippen LogP contribution >= 0.6 is 15.9 Å². The van der Waals surface area contributed by atoms with Crippen molar-refractivity contribution in [2.24, 2.45) is 0 Å². The second kappa shape index (κ2) is 10.2. The van der Waals surface area contributed by atoms with Gasteiger partial charge in [0.1, 0.15) is 5.75 Å². The summed E-state index contributed by atoms with van der Waals surface area (Å²) in [6.45, 7) is 9.58. The van der Waals surface area contributed by atoms with Crippen molar-refractivity contribution in [3.05, 3.63) is 28.2 Å². The Morgan fingerprint density at radius 1 is 1.25 bits per heavy atom. The number of benzene rings is 1. The van der Waals surface area contributed by atoms with E-state index in [0.29, 0.717) is 6.10 Å². The maximum absolute atomic E-state index is 5.77. The van der Waals surface area contributed by atoms with Crippen LogP contribution in [0.2, 0.25) is 0 Å². The van der Waals surface area contributed by atoms with Crippen LogP contribution in [-0.2, 0) is 11.3 Å². The van der Waals surface area contributed by atoms with E-state index in [2.05, 4.69) is 48.1 Å². The van der Waals surface area contributed by atoms with E-state index >= 15 is 0 Å². The second-order valence-corrected chi connectivity index (χ2v) is 5.97. The largest absolute Gasteiger partial charge is 0.493 e. The zero-order valence-corrected chi connectivity index (χ0v) is 14.3. The van der Waals surface area contributed by atoms with Gasteiger partial charge in [-0.15, -0.1) is 0 Å². The van der Waals surface area contributed by atoms with Crippen LogP contribution in [0.1, 0.15) is 39.2 Å². The van der Waals surface area contributed by atoms with Crippen LogP contribution in [0.3, 0.4) is 0 Å². The minimum Gasteiger partial charge on any atom is -0.493 e. The van der Waals surface area contributed by atoms with E-state index in [0.717, 1.165) is 49.4 Å². The molecule has 114 valence electrons. The molecule has 1 aromatic carbocycles. The average molecular weight is 344 g/mol. The third kappa shape index (κ3) is 7.27. The van der Waals surface area contributed by atoms with Gasteiger partial charge in [0.15, 0.2) is 0 Å². The number of halogens is 1. The number of rotatable bonds is 10. The van der Waals surface area contributed by atoms with Gasteiger partial charge in [0, 0.05) is 23.2 Å². The number of hydrogen-bond donors (Lipinski definition) is 1. The van der Waals surface area contributed by atoms with Gasteiger partial charge in [0.2, 0.25) is 0 Å². The van der Waals surface area contributed by atoms with Crippen molar-refractivity contribution in [3.8, 4) is 5.75 Å². The van der Waals surface area contributed by atoms with Crippen LogP contribution in [0, 0.1) is 0 Å². The zero-order valence-electron chi connectivity index (χ0n) is 12.7. The highest BCUT2D eigenvalue weighted by molar-refractivity contribution is 9.10. The lowest BCUT2D eigenvalue weighted by molar-refractivity contribution is 0.0770. The standard InChI is InChI=1S/C16H26BrNO2/c1-4-9-20-16-7-6-15(17)11-14(16)12-18-8-5-10-19-13(2)3/h6-7,11,13,18H,4-5,8-10,12H2,1-3H3. The number of hydrogen-bond acceptors (Lipinski definition) is 3. The van der Waals surface area contributed by atoms with E-state index in [4.69, 9.17) is 9.47 Å². The molecule has 20 heavy (non-hydrogen) atoms. The van der Waals surface area contributed by atoms with Gasteiger partial charge < -0.3 is 14.8 Å². The molecule has 4 heteroatoms. The lowest BCUT2D eigenvalue weighted by Gasteiger charge is -2.13. The Morgan fingerprint density at radius 2 is 2.05 bits per heavy atom. The van der Waals surface area contributed by atoms with Crippen molar-refractivity contribution < 1.29 is 9.47 Å². The highest BCUT2D eigenvalue weighted by Crippen LogP contribution is 2.23. The summed E-state index contributed by atoms with van der Waals surface area (Å²) in [6.07, 6.45) is 2.36. The summed E-state index contributed by atoms with van der Waals surface area (Å²) in [7, 11) is 0. The van der Waals surface area contributed by atoms with Gasteiger partial charge >= 0.3 is 0 Å². The van der Waals surface area contributed by atoms with Crippen LogP contribution in [-0.4, -0.2) is 25.9 Å². The van der Waals surface area contributed by atoms with Crippen LogP contribution in [0.4, 0.5) is 0 Å². The van der Waals surface area contributed by atoms with Gasteiger partial charge in [-0.1, -0.05) is 22.9 Å². The molecule has 0 fully saturated rings. The molecule has 0 bridgehead atoms. The minimum atomic E-state index is 0.314. The van der Waals surface area contributed by atoms with Crippen LogP contribution < -0.4 is 10.1 Å². The summed E-state index contributed by atoms with van der Waals surface area (Å²) in [4.78, 5) is 0. The molecule has 0 heterocycles. The molecule has 1 aromatic rings. The smallest absolute Gasteiger partial charge is 0.123 e. The molecule has 0 aliphatic rings. The Labute approximate surface area is 131 Å². The SMILES string of the molecule is CCCOc1ccc(Br)cc1CNCCCOC(C)C. The van der Waals surface area contributed by atoms with Gasteiger partial charge in [0.05, 0.1) is 12.7 Å². The van der Waals surface area contributed by atoms with E-state index in [-0.39, 0.29) is 0 Å². The molecule has 0 aliphatic carbocycles. The summed E-state index contributed by atoms with van der Waals surface area (Å²) in [5.41, 5.74) is 1.19. The summed E-state index contributed by atoms with van der Waals surface area (Å²) in [5, 5.41) is 3.44. The molecule has 0 aliphatic heterocycles. The summed E-state index contributed by atoms with van der Waals surface area (Å²) >= 11 is 3.51. The van der Waals surface area contributed by atoms with Gasteiger partial charge in [0.25, 0.3) is 0 Å². The molecule has 0 unspecified atom stereocenters. The van der Waals surface area contributed by atoms with Crippen molar-refractivity contribution in [2.45, 2.75) is 46.3 Å². The van der Waals surface area contributed by atoms with Crippen molar-refractivity contribution >= 4 is 15.9 Å². The second-order valence-electron chi connectivity index (χ2n) is 5.05. The number of nitrogens with one attached hydrogen (secondary N) is 1. The topological polar surface area (TPSA) is 30.5 Å². The first kappa shape index (κ1) is 17.5. The van der Waals surface area contributed by atoms with Gasteiger partial charge in [-0.3, -0.25) is 0 Å². The average Bonchev–Trinajstić information content (AvgIpc) is 2.41. The maximum Gasteiger partial charge on any atom is 0.123 e. The predicted octanol–water partition coefficient (Wildman–Crippen LogP) is 4.14. The molecular weight excluding hydrogens is 318 g/mol. The minimum absolute atomic E-state index is 0.314. The molecule has 0 aromatic heterocycles. The first-order chi connectivity index (χ1) is 9.63. The van der Waals surface area contributed by atoms with Crippen LogP contribution in [0.15, 0.2) is 22.7 Å². The molecule has 1 rings (SSSR count). The van der Waals surface area contributed by atoms with E-state index in [1.165, 1.54) is 5.56 Å². The monoisotopic (exact) mass is 343 g/mol. The van der Waals surface area contributed by atoms with Crippen LogP contribution in [0.5, 0.6) is 5.75 Å². The maximum atomic E-state index is 5.77. The van der Waals surface area contributed by atoms with Crippen LogP contribution in [0.25, 0.3) is 0 Å². The van der Waals surface area contributed by atoms with Gasteiger partial charge in [-0.25, -0.2) is 0 Å². The third-order valence-electron chi connectivity index (χ3n) is 2.75. The van der Waals surface area contributed by atoms with E-state index in [1.807, 2.05) is 12.1 Å². The Bertz CT molecular complexity index is 383. The van der Waals surface area contributed by atoms with Gasteiger partial charge in [-0.05, 0) is 51.4 Å². The third-order valence-corrected chi connectivity index (χ3v) is 3.24. The molecular formula is C16H26BrNO2. The lowest BCUT2D eigenvalue weighted by atomic mass is 10.2. The molecule has 0 radical (unpaired) electrons. The Balaban J connectivity index is 2.35. The fraction of sp³-hybridized carbons (Fsp3) is 0.625. The predicted molar refractivity (Wildman–Crippen MR) is 87.3 cm³/mol. The molecule has 1 N–H and O–H groups in total. The summed E-state index contributed by atoms with van der Waals surface area (Å²) in [5.74, 6) is 0.973. The molecule has 0 atom stereocenters.